The Morgan fingerprint density at radius 1 is 1.00 bits per heavy atom. The van der Waals surface area contributed by atoms with Gasteiger partial charge in [-0.2, -0.15) is 0 Å². The first-order valence-corrected chi connectivity index (χ1v) is 9.84. The molecule has 0 aliphatic carbocycles. The number of para-hydroxylation sites is 1. The highest BCUT2D eigenvalue weighted by atomic mass is 32.2. The Balaban J connectivity index is 2.02. The smallest absolute Gasteiger partial charge is 0.408 e. The van der Waals surface area contributed by atoms with Crippen LogP contribution in [0.15, 0.2) is 54.6 Å². The van der Waals surface area contributed by atoms with Gasteiger partial charge in [0, 0.05) is 10.8 Å². The van der Waals surface area contributed by atoms with Gasteiger partial charge >= 0.3 is 6.09 Å². The average Bonchev–Trinajstić information content (AvgIpc) is 2.66. The van der Waals surface area contributed by atoms with Gasteiger partial charge in [0.2, 0.25) is 0 Å². The van der Waals surface area contributed by atoms with Crippen molar-refractivity contribution in [1.29, 1.82) is 0 Å². The number of hydrogen-bond acceptors (Lipinski definition) is 5. The van der Waals surface area contributed by atoms with E-state index in [0.29, 0.717) is 11.3 Å². The molecule has 0 spiro atoms. The van der Waals surface area contributed by atoms with Crippen LogP contribution in [0.25, 0.3) is 0 Å². The lowest BCUT2D eigenvalue weighted by Gasteiger charge is -2.20. The number of benzene rings is 2. The van der Waals surface area contributed by atoms with Crippen molar-refractivity contribution in [2.24, 2.45) is 0 Å². The fourth-order valence-corrected chi connectivity index (χ4v) is 3.29. The molecule has 7 heteroatoms. The minimum atomic E-state index is -0.858. The van der Waals surface area contributed by atoms with Gasteiger partial charge in [-0.05, 0) is 24.6 Å². The molecule has 28 heavy (non-hydrogen) atoms. The zero-order chi connectivity index (χ0) is 20.5. The molecule has 0 radical (unpaired) electrons. The van der Waals surface area contributed by atoms with Crippen molar-refractivity contribution >= 4 is 35.2 Å². The number of ketones is 1. The van der Waals surface area contributed by atoms with Gasteiger partial charge in [-0.1, -0.05) is 56.3 Å². The molecule has 2 amide bonds. The molecule has 148 valence electrons. The van der Waals surface area contributed by atoms with Gasteiger partial charge < -0.3 is 15.4 Å². The number of carbonyl (C=O) groups is 3. The summed E-state index contributed by atoms with van der Waals surface area (Å²) < 4.78 is 5.20. The predicted molar refractivity (Wildman–Crippen MR) is 111 cm³/mol. The molecule has 0 bridgehead atoms. The predicted octanol–water partition coefficient (Wildman–Crippen LogP) is 4.22. The second kappa shape index (κ2) is 10.5. The lowest BCUT2D eigenvalue weighted by atomic mass is 10.1. The first-order valence-electron chi connectivity index (χ1n) is 8.90. The van der Waals surface area contributed by atoms with E-state index in [-0.39, 0.29) is 17.6 Å². The molecule has 0 heterocycles. The molecule has 0 aliphatic rings. The summed E-state index contributed by atoms with van der Waals surface area (Å²) in [5.41, 5.74) is 1.68. The summed E-state index contributed by atoms with van der Waals surface area (Å²) in [4.78, 5) is 36.6. The van der Waals surface area contributed by atoms with Gasteiger partial charge in [0.25, 0.3) is 5.91 Å². The summed E-state index contributed by atoms with van der Waals surface area (Å²) in [7, 11) is 0. The number of Topliss-reactive ketones (excluding diaryl/α,β-unsaturated/α-hetero) is 1. The van der Waals surface area contributed by atoms with Crippen molar-refractivity contribution in [3.05, 3.63) is 65.7 Å². The van der Waals surface area contributed by atoms with Crippen LogP contribution in [0.3, 0.4) is 0 Å². The number of thioether (sulfide) groups is 1. The van der Waals surface area contributed by atoms with Crippen molar-refractivity contribution in [3.8, 4) is 0 Å². The van der Waals surface area contributed by atoms with Crippen LogP contribution in [-0.4, -0.2) is 28.4 Å². The number of rotatable bonds is 8. The molecule has 1 unspecified atom stereocenters. The number of carbonyl (C=O) groups excluding carboxylic acids is 3. The minimum absolute atomic E-state index is 0.0909. The second-order valence-corrected chi connectivity index (χ2v) is 8.05. The fraction of sp³-hybridized carbons (Fsp3) is 0.286. The van der Waals surface area contributed by atoms with Crippen LogP contribution in [0.2, 0.25) is 0 Å². The molecule has 6 nitrogen and oxygen atoms in total. The molecule has 2 aromatic rings. The van der Waals surface area contributed by atoms with E-state index in [1.807, 2.05) is 44.2 Å². The third-order valence-electron chi connectivity index (χ3n) is 3.67. The van der Waals surface area contributed by atoms with Gasteiger partial charge in [0.15, 0.2) is 11.2 Å². The maximum Gasteiger partial charge on any atom is 0.408 e. The molecule has 2 rings (SSSR count). The molecular formula is C21H24N2O4S. The van der Waals surface area contributed by atoms with Crippen molar-refractivity contribution in [3.63, 3.8) is 0 Å². The van der Waals surface area contributed by atoms with E-state index >= 15 is 0 Å². The highest BCUT2D eigenvalue weighted by molar-refractivity contribution is 8.01. The monoisotopic (exact) mass is 400 g/mol. The number of anilines is 1. The maximum absolute atomic E-state index is 12.7. The molecule has 0 aliphatic heterocycles. The molecule has 0 saturated carbocycles. The van der Waals surface area contributed by atoms with Gasteiger partial charge in [-0.15, -0.1) is 11.8 Å². The molecular weight excluding hydrogens is 376 g/mol. The van der Waals surface area contributed by atoms with E-state index in [4.69, 9.17) is 4.74 Å². The quantitative estimate of drug-likeness (QED) is 0.512. The number of ether oxygens (including phenoxy) is 1. The Kier molecular flexibility index (Phi) is 8.07. The highest BCUT2D eigenvalue weighted by Gasteiger charge is 2.24. The van der Waals surface area contributed by atoms with Crippen LogP contribution < -0.4 is 10.6 Å². The molecule has 2 N–H and O–H groups in total. The third kappa shape index (κ3) is 6.74. The van der Waals surface area contributed by atoms with Crippen LogP contribution in [0.5, 0.6) is 0 Å². The summed E-state index contributed by atoms with van der Waals surface area (Å²) in [5.74, 6) is -0.580. The topological polar surface area (TPSA) is 84.5 Å². The van der Waals surface area contributed by atoms with E-state index in [1.54, 1.807) is 24.3 Å². The molecule has 1 atom stereocenters. The van der Waals surface area contributed by atoms with Crippen molar-refractivity contribution in [2.45, 2.75) is 38.0 Å². The van der Waals surface area contributed by atoms with Crippen LogP contribution in [0, 0.1) is 0 Å². The number of hydrogen-bond donors (Lipinski definition) is 2. The minimum Gasteiger partial charge on any atom is -0.445 e. The number of alkyl carbamates (subject to hydrolysis) is 1. The lowest BCUT2D eigenvalue weighted by molar-refractivity contribution is -0.116. The Labute approximate surface area is 169 Å². The Morgan fingerprint density at radius 3 is 2.29 bits per heavy atom. The molecule has 2 aromatic carbocycles. The molecule has 0 fully saturated rings. The standard InChI is InChI=1S/C21H24N2O4S/c1-14(2)28-20(23-21(26)27-13-16-9-5-4-6-10-16)19(25)22-18-12-8-7-11-17(18)15(3)24/h4-12,14,20H,13H2,1-3H3,(H,22,25)(H,23,26). The Hall–Kier alpha value is -2.80. The van der Waals surface area contributed by atoms with Crippen molar-refractivity contribution < 1.29 is 19.1 Å². The SMILES string of the molecule is CC(=O)c1ccccc1NC(=O)C(NC(=O)OCc1ccccc1)SC(C)C. The maximum atomic E-state index is 12.7. The Bertz CT molecular complexity index is 824. The normalized spacial score (nSPS) is 11.6. The molecule has 0 saturated heterocycles. The largest absolute Gasteiger partial charge is 0.445 e. The van der Waals surface area contributed by atoms with E-state index in [0.717, 1.165) is 5.56 Å². The van der Waals surface area contributed by atoms with Gasteiger partial charge in [-0.25, -0.2) is 4.79 Å². The average molecular weight is 401 g/mol. The zero-order valence-corrected chi connectivity index (χ0v) is 16.9. The van der Waals surface area contributed by atoms with Crippen LogP contribution in [-0.2, 0) is 16.1 Å². The summed E-state index contributed by atoms with van der Waals surface area (Å²) >= 11 is 1.28. The number of amides is 2. The van der Waals surface area contributed by atoms with E-state index < -0.39 is 17.4 Å². The van der Waals surface area contributed by atoms with Crippen molar-refractivity contribution in [2.75, 3.05) is 5.32 Å². The van der Waals surface area contributed by atoms with Gasteiger partial charge in [0.1, 0.15) is 6.61 Å². The summed E-state index contributed by atoms with van der Waals surface area (Å²) in [6.07, 6.45) is -0.683. The summed E-state index contributed by atoms with van der Waals surface area (Å²) in [6.45, 7) is 5.39. The summed E-state index contributed by atoms with van der Waals surface area (Å²) in [6, 6.07) is 16.0. The third-order valence-corrected chi connectivity index (χ3v) is 4.82. The van der Waals surface area contributed by atoms with E-state index in [2.05, 4.69) is 10.6 Å². The van der Waals surface area contributed by atoms with Crippen LogP contribution in [0.1, 0.15) is 36.7 Å². The van der Waals surface area contributed by atoms with Crippen LogP contribution >= 0.6 is 11.8 Å². The van der Waals surface area contributed by atoms with Gasteiger partial charge in [-0.3, -0.25) is 9.59 Å². The molecule has 0 aromatic heterocycles. The van der Waals surface area contributed by atoms with Crippen molar-refractivity contribution in [1.82, 2.24) is 5.32 Å². The fourth-order valence-electron chi connectivity index (χ4n) is 2.40. The number of nitrogens with one attached hydrogen (secondary N) is 2. The zero-order valence-electron chi connectivity index (χ0n) is 16.1. The van der Waals surface area contributed by atoms with Gasteiger partial charge in [0.05, 0.1) is 5.69 Å². The summed E-state index contributed by atoms with van der Waals surface area (Å²) in [5, 5.41) is 4.55. The Morgan fingerprint density at radius 2 is 1.64 bits per heavy atom. The van der Waals surface area contributed by atoms with Crippen LogP contribution in [0.4, 0.5) is 10.5 Å². The van der Waals surface area contributed by atoms with E-state index in [1.165, 1.54) is 18.7 Å². The first-order chi connectivity index (χ1) is 13.4. The first kappa shape index (κ1) is 21.5. The second-order valence-electron chi connectivity index (χ2n) is 6.36. The lowest BCUT2D eigenvalue weighted by Crippen LogP contribution is -2.42. The highest BCUT2D eigenvalue weighted by Crippen LogP contribution is 2.20. The van der Waals surface area contributed by atoms with E-state index in [9.17, 15) is 14.4 Å².